The summed E-state index contributed by atoms with van der Waals surface area (Å²) >= 11 is 0. The molecule has 0 aromatic carbocycles. The molecule has 0 amide bonds. The minimum Gasteiger partial charge on any atom is -0.462 e. The third kappa shape index (κ3) is 2.66. The monoisotopic (exact) mass is 400 g/mol. The number of esters is 1. The van der Waals surface area contributed by atoms with Gasteiger partial charge in [-0.25, -0.2) is 0 Å². The molecule has 0 aromatic rings. The van der Waals surface area contributed by atoms with Crippen LogP contribution in [0, 0.1) is 45.8 Å². The minimum absolute atomic E-state index is 0.0614. The van der Waals surface area contributed by atoms with Gasteiger partial charge in [0.25, 0.3) is 0 Å². The molecule has 4 heteroatoms. The van der Waals surface area contributed by atoms with Crippen LogP contribution in [0.2, 0.25) is 0 Å². The molecule has 9 unspecified atom stereocenters. The zero-order valence-electron chi connectivity index (χ0n) is 18.5. The quantitative estimate of drug-likeness (QED) is 0.526. The minimum atomic E-state index is -0.490. The smallest absolute Gasteiger partial charge is 0.311 e. The van der Waals surface area contributed by atoms with Crippen LogP contribution in [0.15, 0.2) is 11.6 Å². The van der Waals surface area contributed by atoms with Crippen LogP contribution >= 0.6 is 0 Å². The predicted octanol–water partition coefficient (Wildman–Crippen LogP) is 4.30. The zero-order chi connectivity index (χ0) is 20.9. The average Bonchev–Trinajstić information content (AvgIpc) is 3.37. The van der Waals surface area contributed by atoms with Crippen LogP contribution in [0.25, 0.3) is 0 Å². The maximum atomic E-state index is 12.9. The molecule has 5 rings (SSSR count). The number of carbonyl (C=O) groups excluding carboxylic acids is 2. The Labute approximate surface area is 174 Å². The molecule has 1 N–H and O–H groups in total. The molecular weight excluding hydrogens is 364 g/mol. The molecule has 0 spiro atoms. The maximum absolute atomic E-state index is 12.9. The van der Waals surface area contributed by atoms with E-state index < -0.39 is 11.5 Å². The van der Waals surface area contributed by atoms with E-state index in [4.69, 9.17) is 4.74 Å². The van der Waals surface area contributed by atoms with Crippen LogP contribution in [0.5, 0.6) is 0 Å². The van der Waals surface area contributed by atoms with Crippen molar-refractivity contribution in [3.63, 3.8) is 0 Å². The second-order valence-electron chi connectivity index (χ2n) is 12.2. The van der Waals surface area contributed by atoms with Crippen molar-refractivity contribution in [2.75, 3.05) is 0 Å². The lowest BCUT2D eigenvalue weighted by molar-refractivity contribution is -0.161. The van der Waals surface area contributed by atoms with Crippen LogP contribution < -0.4 is 0 Å². The van der Waals surface area contributed by atoms with Crippen molar-refractivity contribution in [1.82, 2.24) is 0 Å². The molecule has 4 nitrogen and oxygen atoms in total. The van der Waals surface area contributed by atoms with Gasteiger partial charge in [-0.1, -0.05) is 25.5 Å². The Morgan fingerprint density at radius 1 is 1.17 bits per heavy atom. The summed E-state index contributed by atoms with van der Waals surface area (Å²) in [5.74, 6) is 2.12. The summed E-state index contributed by atoms with van der Waals surface area (Å²) in [6, 6.07) is 0. The molecule has 0 heterocycles. The number of carbonyl (C=O) groups is 2. The Balaban J connectivity index is 1.42. The molecule has 0 saturated heterocycles. The number of aliphatic hydroxyl groups is 1. The zero-order valence-corrected chi connectivity index (χ0v) is 18.5. The van der Waals surface area contributed by atoms with Crippen molar-refractivity contribution >= 4 is 11.8 Å². The van der Waals surface area contributed by atoms with Crippen LogP contribution in [-0.4, -0.2) is 29.1 Å². The molecule has 5 aliphatic rings. The largest absolute Gasteiger partial charge is 0.462 e. The molecule has 9 atom stereocenters. The van der Waals surface area contributed by atoms with Crippen molar-refractivity contribution in [3.05, 3.63) is 11.6 Å². The van der Waals surface area contributed by atoms with E-state index in [1.807, 2.05) is 20.8 Å². The van der Waals surface area contributed by atoms with Gasteiger partial charge in [0.15, 0.2) is 0 Å². The molecular formula is C25H36O4. The number of rotatable bonds is 1. The second-order valence-corrected chi connectivity index (χ2v) is 12.2. The van der Waals surface area contributed by atoms with Gasteiger partial charge in [-0.15, -0.1) is 0 Å². The van der Waals surface area contributed by atoms with E-state index in [2.05, 4.69) is 19.9 Å². The highest BCUT2D eigenvalue weighted by molar-refractivity contribution is 5.92. The Hall–Kier alpha value is -1.16. The fourth-order valence-corrected chi connectivity index (χ4v) is 7.69. The lowest BCUT2D eigenvalue weighted by Crippen LogP contribution is -2.56. The summed E-state index contributed by atoms with van der Waals surface area (Å²) in [4.78, 5) is 25.3. The third-order valence-electron chi connectivity index (χ3n) is 9.43. The Bertz CT molecular complexity index is 791. The highest BCUT2D eigenvalue weighted by atomic mass is 16.5. The highest BCUT2D eigenvalue weighted by Crippen LogP contribution is 2.71. The Morgan fingerprint density at radius 3 is 2.55 bits per heavy atom. The molecule has 0 bridgehead atoms. The highest BCUT2D eigenvalue weighted by Gasteiger charge is 2.71. The summed E-state index contributed by atoms with van der Waals surface area (Å²) < 4.78 is 5.84. The number of hydrogen-bond donors (Lipinski definition) is 1. The molecule has 5 aliphatic carbocycles. The van der Waals surface area contributed by atoms with Crippen molar-refractivity contribution in [3.8, 4) is 0 Å². The van der Waals surface area contributed by atoms with E-state index in [0.717, 1.165) is 38.5 Å². The van der Waals surface area contributed by atoms with E-state index in [-0.39, 0.29) is 34.7 Å². The SMILES string of the molecule is CC(C)(C)C(=O)OC1CCC2(C)C(=CC(O)C3C2CCC2(C)C(=O)C4CC4C32)C1. The average molecular weight is 401 g/mol. The van der Waals surface area contributed by atoms with Crippen molar-refractivity contribution < 1.29 is 19.4 Å². The molecule has 0 radical (unpaired) electrons. The molecule has 29 heavy (non-hydrogen) atoms. The van der Waals surface area contributed by atoms with Crippen LogP contribution in [-0.2, 0) is 14.3 Å². The fraction of sp³-hybridized carbons (Fsp3) is 0.840. The number of Topliss-reactive ketones (excluding diaryl/α,β-unsaturated/α-hetero) is 1. The summed E-state index contributed by atoms with van der Waals surface area (Å²) in [5.41, 5.74) is 0.642. The van der Waals surface area contributed by atoms with E-state index in [1.165, 1.54) is 5.57 Å². The molecule has 160 valence electrons. The van der Waals surface area contributed by atoms with Gasteiger partial charge in [0.1, 0.15) is 11.9 Å². The Kier molecular flexibility index (Phi) is 4.07. The van der Waals surface area contributed by atoms with Gasteiger partial charge < -0.3 is 9.84 Å². The Morgan fingerprint density at radius 2 is 1.86 bits per heavy atom. The maximum Gasteiger partial charge on any atom is 0.311 e. The summed E-state index contributed by atoms with van der Waals surface area (Å²) in [6.07, 6.45) is 7.21. The molecule has 4 saturated carbocycles. The van der Waals surface area contributed by atoms with Gasteiger partial charge in [0.05, 0.1) is 11.5 Å². The van der Waals surface area contributed by atoms with Crippen molar-refractivity contribution in [2.45, 2.75) is 85.4 Å². The van der Waals surface area contributed by atoms with Gasteiger partial charge in [0.2, 0.25) is 0 Å². The van der Waals surface area contributed by atoms with Crippen molar-refractivity contribution in [2.24, 2.45) is 45.8 Å². The lowest BCUT2D eigenvalue weighted by Gasteiger charge is -2.58. The second kappa shape index (κ2) is 5.96. The first-order valence-corrected chi connectivity index (χ1v) is 11.6. The fourth-order valence-electron chi connectivity index (χ4n) is 7.69. The summed E-state index contributed by atoms with van der Waals surface area (Å²) in [7, 11) is 0. The van der Waals surface area contributed by atoms with Gasteiger partial charge in [0, 0.05) is 17.8 Å². The molecule has 0 aromatic heterocycles. The first-order chi connectivity index (χ1) is 13.5. The van der Waals surface area contributed by atoms with E-state index in [1.54, 1.807) is 0 Å². The van der Waals surface area contributed by atoms with Gasteiger partial charge in [-0.2, -0.15) is 0 Å². The number of ether oxygens (including phenoxy) is 1. The van der Waals surface area contributed by atoms with Gasteiger partial charge in [-0.3, -0.25) is 9.59 Å². The number of hydrogen-bond acceptors (Lipinski definition) is 4. The lowest BCUT2D eigenvalue weighted by atomic mass is 9.46. The molecule has 0 aliphatic heterocycles. The first-order valence-electron chi connectivity index (χ1n) is 11.6. The molecule has 4 fully saturated rings. The number of ketones is 1. The summed E-state index contributed by atoms with van der Waals surface area (Å²) in [5, 5.41) is 11.2. The normalized spacial score (nSPS) is 50.6. The summed E-state index contributed by atoms with van der Waals surface area (Å²) in [6.45, 7) is 10.2. The third-order valence-corrected chi connectivity index (χ3v) is 9.43. The van der Waals surface area contributed by atoms with E-state index in [0.29, 0.717) is 23.5 Å². The van der Waals surface area contributed by atoms with E-state index >= 15 is 0 Å². The van der Waals surface area contributed by atoms with Crippen LogP contribution in [0.1, 0.15) is 73.1 Å². The van der Waals surface area contributed by atoms with Crippen LogP contribution in [0.4, 0.5) is 0 Å². The van der Waals surface area contributed by atoms with Crippen LogP contribution in [0.3, 0.4) is 0 Å². The van der Waals surface area contributed by atoms with Gasteiger partial charge >= 0.3 is 5.97 Å². The standard InChI is InChI=1S/C25H36O4/c1-23(2,3)22(28)29-14-6-8-24(4)13(10-14)11-18(26)19-17(24)7-9-25(5)20(19)15-12-16(15)21(25)27/h11,14-20,26H,6-10,12H2,1-5H3. The van der Waals surface area contributed by atoms with E-state index in [9.17, 15) is 14.7 Å². The van der Waals surface area contributed by atoms with Gasteiger partial charge in [-0.05, 0) is 82.0 Å². The number of aliphatic hydroxyl groups excluding tert-OH is 1. The van der Waals surface area contributed by atoms with Crippen molar-refractivity contribution in [1.29, 1.82) is 0 Å². The first kappa shape index (κ1) is 19.8. The predicted molar refractivity (Wildman–Crippen MR) is 110 cm³/mol. The topological polar surface area (TPSA) is 63.6 Å². The number of fused-ring (bicyclic) bond motifs is 7.